The van der Waals surface area contributed by atoms with Gasteiger partial charge in [0.25, 0.3) is 0 Å². The van der Waals surface area contributed by atoms with Gasteiger partial charge in [-0.1, -0.05) is 11.8 Å². The van der Waals surface area contributed by atoms with E-state index >= 15 is 0 Å². The van der Waals surface area contributed by atoms with E-state index < -0.39 is 10.0 Å². The maximum Gasteiger partial charge on any atom is 0.243 e. The fraction of sp³-hybridized carbons (Fsp3) is 0.500. The summed E-state index contributed by atoms with van der Waals surface area (Å²) in [5.41, 5.74) is 0. The van der Waals surface area contributed by atoms with Crippen LogP contribution in [0.4, 0.5) is 0 Å². The Morgan fingerprint density at radius 3 is 2.83 bits per heavy atom. The van der Waals surface area contributed by atoms with Crippen molar-refractivity contribution in [1.29, 1.82) is 0 Å². The molecule has 1 aromatic carbocycles. The van der Waals surface area contributed by atoms with E-state index in [1.807, 2.05) is 0 Å². The summed E-state index contributed by atoms with van der Waals surface area (Å²) >= 11 is 1.45. The smallest absolute Gasteiger partial charge is 0.243 e. The molecule has 0 unspecified atom stereocenters. The van der Waals surface area contributed by atoms with E-state index in [4.69, 9.17) is 9.47 Å². The molecule has 0 bridgehead atoms. The van der Waals surface area contributed by atoms with E-state index in [-0.39, 0.29) is 23.3 Å². The summed E-state index contributed by atoms with van der Waals surface area (Å²) in [4.78, 5) is 16.7. The average molecular weight is 456 g/mol. The van der Waals surface area contributed by atoms with Gasteiger partial charge in [0, 0.05) is 31.5 Å². The van der Waals surface area contributed by atoms with Crippen molar-refractivity contribution in [2.45, 2.75) is 22.9 Å². The Balaban J connectivity index is 1.59. The van der Waals surface area contributed by atoms with E-state index in [2.05, 4.69) is 20.5 Å². The second kappa shape index (κ2) is 10.1. The summed E-state index contributed by atoms with van der Waals surface area (Å²) in [5, 5.41) is 10.1. The van der Waals surface area contributed by atoms with E-state index in [1.165, 1.54) is 48.7 Å². The number of aromatic nitrogens is 3. The molecule has 1 amide bonds. The molecule has 0 spiro atoms. The van der Waals surface area contributed by atoms with Crippen molar-refractivity contribution in [1.82, 2.24) is 24.8 Å². The molecular weight excluding hydrogens is 430 g/mol. The number of hydrogen-bond donors (Lipinski definition) is 2. The molecule has 1 aliphatic rings. The molecule has 30 heavy (non-hydrogen) atoms. The monoisotopic (exact) mass is 455 g/mol. The first kappa shape index (κ1) is 22.4. The molecule has 1 aromatic heterocycles. The number of hydrogen-bond acceptors (Lipinski definition) is 8. The number of piperidine rings is 1. The van der Waals surface area contributed by atoms with Gasteiger partial charge in [-0.25, -0.2) is 13.4 Å². The fourth-order valence-electron chi connectivity index (χ4n) is 3.23. The first-order valence-electron chi connectivity index (χ1n) is 9.43. The number of H-pyrrole nitrogens is 1. The molecule has 1 atom stereocenters. The first-order chi connectivity index (χ1) is 14.5. The van der Waals surface area contributed by atoms with Crippen LogP contribution in [-0.2, 0) is 14.8 Å². The molecule has 1 fully saturated rings. The van der Waals surface area contributed by atoms with Crippen LogP contribution in [0.3, 0.4) is 0 Å². The minimum absolute atomic E-state index is 0.115. The number of amides is 1. The van der Waals surface area contributed by atoms with Crippen LogP contribution in [0.5, 0.6) is 11.5 Å². The Bertz CT molecular complexity index is 952. The minimum atomic E-state index is -3.75. The highest BCUT2D eigenvalue weighted by Gasteiger charge is 2.33. The SMILES string of the molecule is COc1ccc(S(=O)(=O)N2CCC[C@@H](C(=O)NCCSc3ncn[nH]3)C2)cc1OC. The Hall–Kier alpha value is -2.31. The predicted molar refractivity (Wildman–Crippen MR) is 111 cm³/mol. The van der Waals surface area contributed by atoms with E-state index in [0.29, 0.717) is 48.3 Å². The molecule has 3 rings (SSSR count). The lowest BCUT2D eigenvalue weighted by Crippen LogP contribution is -2.45. The number of thioether (sulfide) groups is 1. The van der Waals surface area contributed by atoms with Gasteiger partial charge in [-0.05, 0) is 25.0 Å². The van der Waals surface area contributed by atoms with Crippen molar-refractivity contribution in [3.8, 4) is 11.5 Å². The minimum Gasteiger partial charge on any atom is -0.493 e. The summed E-state index contributed by atoms with van der Waals surface area (Å²) < 4.78 is 37.9. The van der Waals surface area contributed by atoms with E-state index in [9.17, 15) is 13.2 Å². The molecule has 10 nitrogen and oxygen atoms in total. The molecule has 0 saturated carbocycles. The molecule has 164 valence electrons. The van der Waals surface area contributed by atoms with Crippen LogP contribution >= 0.6 is 11.8 Å². The van der Waals surface area contributed by atoms with Crippen LogP contribution in [0.15, 0.2) is 34.6 Å². The van der Waals surface area contributed by atoms with Crippen LogP contribution in [-0.4, -0.2) is 73.4 Å². The standard InChI is InChI=1S/C18H25N5O5S2/c1-27-15-6-5-14(10-16(15)28-2)30(25,26)23-8-3-4-13(11-23)17(24)19-7-9-29-18-20-12-21-22-18/h5-6,10,12-13H,3-4,7-9,11H2,1-2H3,(H,19,24)(H,20,21,22)/t13-/m1/s1. The predicted octanol–water partition coefficient (Wildman–Crippen LogP) is 1.13. The number of aromatic amines is 1. The quantitative estimate of drug-likeness (QED) is 0.426. The number of ether oxygens (including phenoxy) is 2. The highest BCUT2D eigenvalue weighted by molar-refractivity contribution is 7.99. The van der Waals surface area contributed by atoms with Crippen molar-refractivity contribution in [2.75, 3.05) is 39.6 Å². The maximum absolute atomic E-state index is 13.1. The highest BCUT2D eigenvalue weighted by Crippen LogP contribution is 2.32. The van der Waals surface area contributed by atoms with Gasteiger partial charge in [0.15, 0.2) is 16.7 Å². The molecule has 1 saturated heterocycles. The zero-order valence-electron chi connectivity index (χ0n) is 16.8. The first-order valence-corrected chi connectivity index (χ1v) is 11.9. The third-order valence-electron chi connectivity index (χ3n) is 4.78. The van der Waals surface area contributed by atoms with Gasteiger partial charge in [-0.2, -0.15) is 9.40 Å². The summed E-state index contributed by atoms with van der Waals surface area (Å²) in [5.74, 6) is 0.912. The van der Waals surface area contributed by atoms with Crippen molar-refractivity contribution in [3.05, 3.63) is 24.5 Å². The Kier molecular flexibility index (Phi) is 7.56. The van der Waals surface area contributed by atoms with Gasteiger partial charge in [0.2, 0.25) is 15.9 Å². The van der Waals surface area contributed by atoms with Crippen LogP contribution < -0.4 is 14.8 Å². The lowest BCUT2D eigenvalue weighted by molar-refractivity contribution is -0.125. The molecule has 0 aliphatic carbocycles. The number of benzene rings is 1. The summed E-state index contributed by atoms with van der Waals surface area (Å²) in [6.45, 7) is 0.989. The number of nitrogens with one attached hydrogen (secondary N) is 2. The van der Waals surface area contributed by atoms with Crippen molar-refractivity contribution in [3.63, 3.8) is 0 Å². The number of carbonyl (C=O) groups excluding carboxylic acids is 1. The third kappa shape index (κ3) is 5.24. The van der Waals surface area contributed by atoms with Crippen molar-refractivity contribution >= 4 is 27.7 Å². The molecule has 12 heteroatoms. The van der Waals surface area contributed by atoms with Gasteiger partial charge < -0.3 is 14.8 Å². The summed E-state index contributed by atoms with van der Waals surface area (Å²) in [6, 6.07) is 4.49. The Morgan fingerprint density at radius 2 is 2.13 bits per heavy atom. The van der Waals surface area contributed by atoms with E-state index in [1.54, 1.807) is 6.07 Å². The second-order valence-corrected chi connectivity index (χ2v) is 9.67. The zero-order valence-corrected chi connectivity index (χ0v) is 18.5. The van der Waals surface area contributed by atoms with Crippen LogP contribution in [0, 0.1) is 5.92 Å². The summed E-state index contributed by atoms with van der Waals surface area (Å²) in [7, 11) is -0.802. The topological polar surface area (TPSA) is 127 Å². The van der Waals surface area contributed by atoms with Gasteiger partial charge in [-0.3, -0.25) is 9.89 Å². The molecule has 0 radical (unpaired) electrons. The number of rotatable bonds is 9. The third-order valence-corrected chi connectivity index (χ3v) is 7.52. The zero-order chi connectivity index (χ0) is 21.6. The maximum atomic E-state index is 13.1. The molecule has 2 heterocycles. The van der Waals surface area contributed by atoms with Crippen molar-refractivity contribution in [2.24, 2.45) is 5.92 Å². The van der Waals surface area contributed by atoms with Gasteiger partial charge >= 0.3 is 0 Å². The van der Waals surface area contributed by atoms with Crippen LogP contribution in [0.25, 0.3) is 0 Å². The number of carbonyl (C=O) groups is 1. The summed E-state index contributed by atoms with van der Waals surface area (Å²) in [6.07, 6.45) is 2.70. The van der Waals surface area contributed by atoms with Gasteiger partial charge in [-0.15, -0.1) is 0 Å². The lowest BCUT2D eigenvalue weighted by atomic mass is 9.99. The van der Waals surface area contributed by atoms with Gasteiger partial charge in [0.1, 0.15) is 6.33 Å². The number of nitrogens with zero attached hydrogens (tertiary/aromatic N) is 3. The Labute approximate surface area is 179 Å². The molecule has 1 aliphatic heterocycles. The number of sulfonamides is 1. The largest absolute Gasteiger partial charge is 0.493 e. The second-order valence-electron chi connectivity index (χ2n) is 6.65. The molecule has 2 aromatic rings. The van der Waals surface area contributed by atoms with Crippen LogP contribution in [0.2, 0.25) is 0 Å². The molecule has 2 N–H and O–H groups in total. The molecular formula is C18H25N5O5S2. The average Bonchev–Trinajstić information content (AvgIpc) is 3.29. The van der Waals surface area contributed by atoms with Crippen LogP contribution in [0.1, 0.15) is 12.8 Å². The number of methoxy groups -OCH3 is 2. The van der Waals surface area contributed by atoms with E-state index in [0.717, 1.165) is 0 Å². The van der Waals surface area contributed by atoms with Crippen molar-refractivity contribution < 1.29 is 22.7 Å². The fourth-order valence-corrected chi connectivity index (χ4v) is 5.41. The lowest BCUT2D eigenvalue weighted by Gasteiger charge is -2.31. The Morgan fingerprint density at radius 1 is 1.33 bits per heavy atom. The normalized spacial score (nSPS) is 17.5. The van der Waals surface area contributed by atoms with Gasteiger partial charge in [0.05, 0.1) is 25.0 Å². The highest BCUT2D eigenvalue weighted by atomic mass is 32.2.